The normalized spacial score (nSPS) is 23.0. The number of piperazine rings is 1. The van der Waals surface area contributed by atoms with E-state index in [-0.39, 0.29) is 5.92 Å². The third-order valence-corrected chi connectivity index (χ3v) is 6.38. The van der Waals surface area contributed by atoms with Crippen molar-refractivity contribution < 1.29 is 4.79 Å². The molecule has 1 saturated carbocycles. The average Bonchev–Trinajstić information content (AvgIpc) is 3.48. The minimum absolute atomic E-state index is 0.185. The molecule has 2 fully saturated rings. The third kappa shape index (κ3) is 4.02. The molecule has 2 aromatic carbocycles. The Morgan fingerprint density at radius 3 is 2.38 bits per heavy atom. The summed E-state index contributed by atoms with van der Waals surface area (Å²) in [6.45, 7) is 4.80. The molecule has 2 aliphatic rings. The number of carbonyl (C=O) groups is 1. The standard InChI is InChI=1S/C22H25BrN2O/c23-21-9-5-4-8-18(21)19-16-20(19)22(26)25-14-12-24(13-15-25)11-10-17-6-2-1-3-7-17/h1-9,19-20H,10-16H2/t19-,20+/m0/s1. The lowest BCUT2D eigenvalue weighted by Gasteiger charge is -2.35. The smallest absolute Gasteiger partial charge is 0.226 e. The van der Waals surface area contributed by atoms with E-state index in [4.69, 9.17) is 0 Å². The molecule has 4 rings (SSSR count). The van der Waals surface area contributed by atoms with Gasteiger partial charge in [-0.25, -0.2) is 0 Å². The lowest BCUT2D eigenvalue weighted by Crippen LogP contribution is -2.49. The molecule has 3 nitrogen and oxygen atoms in total. The number of benzene rings is 2. The van der Waals surface area contributed by atoms with Crippen molar-refractivity contribution in [1.82, 2.24) is 9.80 Å². The number of hydrogen-bond acceptors (Lipinski definition) is 2. The fraction of sp³-hybridized carbons (Fsp3) is 0.409. The van der Waals surface area contributed by atoms with E-state index in [1.165, 1.54) is 11.1 Å². The van der Waals surface area contributed by atoms with Gasteiger partial charge in [0.15, 0.2) is 0 Å². The molecular formula is C22H25BrN2O. The molecule has 0 radical (unpaired) electrons. The first-order chi connectivity index (χ1) is 12.7. The number of rotatable bonds is 5. The highest BCUT2D eigenvalue weighted by molar-refractivity contribution is 9.10. The minimum Gasteiger partial charge on any atom is -0.340 e. The van der Waals surface area contributed by atoms with Crippen LogP contribution in [0.25, 0.3) is 0 Å². The van der Waals surface area contributed by atoms with Gasteiger partial charge >= 0.3 is 0 Å². The van der Waals surface area contributed by atoms with Crippen molar-refractivity contribution in [2.75, 3.05) is 32.7 Å². The largest absolute Gasteiger partial charge is 0.340 e. The van der Waals surface area contributed by atoms with E-state index >= 15 is 0 Å². The lowest BCUT2D eigenvalue weighted by molar-refractivity contribution is -0.134. The number of carbonyl (C=O) groups excluding carboxylic acids is 1. The number of nitrogens with zero attached hydrogens (tertiary/aromatic N) is 2. The molecule has 1 amide bonds. The molecular weight excluding hydrogens is 388 g/mol. The number of hydrogen-bond donors (Lipinski definition) is 0. The van der Waals surface area contributed by atoms with Crippen LogP contribution in [0.4, 0.5) is 0 Å². The van der Waals surface area contributed by atoms with Crippen LogP contribution in [-0.4, -0.2) is 48.4 Å². The first-order valence-corrected chi connectivity index (χ1v) is 10.3. The summed E-state index contributed by atoms with van der Waals surface area (Å²) in [5.74, 6) is 0.937. The molecule has 2 aromatic rings. The third-order valence-electron chi connectivity index (χ3n) is 5.66. The Hall–Kier alpha value is -1.65. The Bertz CT molecular complexity index is 756. The second-order valence-corrected chi connectivity index (χ2v) is 8.23. The second-order valence-electron chi connectivity index (χ2n) is 7.37. The molecule has 0 aromatic heterocycles. The fourth-order valence-electron chi connectivity index (χ4n) is 3.95. The van der Waals surface area contributed by atoms with Crippen molar-refractivity contribution in [2.45, 2.75) is 18.8 Å². The van der Waals surface area contributed by atoms with Gasteiger partial charge in [0.25, 0.3) is 0 Å². The van der Waals surface area contributed by atoms with Gasteiger partial charge < -0.3 is 4.90 Å². The molecule has 0 spiro atoms. The maximum atomic E-state index is 12.8. The van der Waals surface area contributed by atoms with Gasteiger partial charge in [-0.3, -0.25) is 9.69 Å². The number of halogens is 1. The van der Waals surface area contributed by atoms with Crippen LogP contribution in [0.3, 0.4) is 0 Å². The highest BCUT2D eigenvalue weighted by atomic mass is 79.9. The Balaban J connectivity index is 1.25. The molecule has 2 atom stereocenters. The summed E-state index contributed by atoms with van der Waals surface area (Å²) in [5, 5.41) is 0. The zero-order valence-electron chi connectivity index (χ0n) is 15.0. The Morgan fingerprint density at radius 2 is 1.65 bits per heavy atom. The average molecular weight is 413 g/mol. The Labute approximate surface area is 164 Å². The minimum atomic E-state index is 0.185. The summed E-state index contributed by atoms with van der Waals surface area (Å²) < 4.78 is 1.13. The van der Waals surface area contributed by atoms with Crippen LogP contribution >= 0.6 is 15.9 Å². The summed E-state index contributed by atoms with van der Waals surface area (Å²) in [7, 11) is 0. The first kappa shape index (κ1) is 17.7. The molecule has 0 N–H and O–H groups in total. The van der Waals surface area contributed by atoms with Gasteiger partial charge in [-0.1, -0.05) is 64.5 Å². The van der Waals surface area contributed by atoms with E-state index in [1.54, 1.807) is 0 Å². The van der Waals surface area contributed by atoms with Gasteiger partial charge in [0, 0.05) is 43.1 Å². The van der Waals surface area contributed by atoms with Crippen LogP contribution in [0.15, 0.2) is 59.1 Å². The van der Waals surface area contributed by atoms with Crippen molar-refractivity contribution in [3.05, 3.63) is 70.2 Å². The number of amides is 1. The highest BCUT2D eigenvalue weighted by Crippen LogP contribution is 2.50. The van der Waals surface area contributed by atoms with E-state index in [2.05, 4.69) is 74.3 Å². The monoisotopic (exact) mass is 412 g/mol. The zero-order chi connectivity index (χ0) is 17.9. The molecule has 1 heterocycles. The van der Waals surface area contributed by atoms with E-state index in [0.717, 1.165) is 50.0 Å². The maximum Gasteiger partial charge on any atom is 0.226 e. The molecule has 0 unspecified atom stereocenters. The van der Waals surface area contributed by atoms with Gasteiger partial charge in [0.2, 0.25) is 5.91 Å². The van der Waals surface area contributed by atoms with Gasteiger partial charge in [-0.05, 0) is 36.0 Å². The molecule has 1 aliphatic carbocycles. The Kier molecular flexibility index (Phi) is 5.41. The molecule has 1 aliphatic heterocycles. The van der Waals surface area contributed by atoms with Gasteiger partial charge in [0.1, 0.15) is 0 Å². The van der Waals surface area contributed by atoms with Crippen LogP contribution in [0.5, 0.6) is 0 Å². The van der Waals surface area contributed by atoms with E-state index < -0.39 is 0 Å². The summed E-state index contributed by atoms with van der Waals surface area (Å²) in [6, 6.07) is 18.9. The second kappa shape index (κ2) is 7.93. The van der Waals surface area contributed by atoms with Crippen molar-refractivity contribution in [2.24, 2.45) is 5.92 Å². The molecule has 0 bridgehead atoms. The first-order valence-electron chi connectivity index (χ1n) is 9.52. The van der Waals surface area contributed by atoms with Gasteiger partial charge in [0.05, 0.1) is 0 Å². The van der Waals surface area contributed by atoms with Crippen LogP contribution < -0.4 is 0 Å². The van der Waals surface area contributed by atoms with Gasteiger partial charge in [-0.15, -0.1) is 0 Å². The van der Waals surface area contributed by atoms with Crippen LogP contribution in [0, 0.1) is 5.92 Å². The SMILES string of the molecule is O=C([C@@H]1C[C@H]1c1ccccc1Br)N1CCN(CCc2ccccc2)CC1. The van der Waals surface area contributed by atoms with Crippen LogP contribution in [0.2, 0.25) is 0 Å². The van der Waals surface area contributed by atoms with E-state index in [1.807, 2.05) is 6.07 Å². The predicted molar refractivity (Wildman–Crippen MR) is 108 cm³/mol. The summed E-state index contributed by atoms with van der Waals surface area (Å²) in [5.41, 5.74) is 2.67. The fourth-order valence-corrected chi connectivity index (χ4v) is 4.52. The van der Waals surface area contributed by atoms with Crippen LogP contribution in [0.1, 0.15) is 23.5 Å². The zero-order valence-corrected chi connectivity index (χ0v) is 16.6. The summed E-state index contributed by atoms with van der Waals surface area (Å²) in [4.78, 5) is 17.4. The van der Waals surface area contributed by atoms with Crippen LogP contribution in [-0.2, 0) is 11.2 Å². The van der Waals surface area contributed by atoms with E-state index in [9.17, 15) is 4.79 Å². The maximum absolute atomic E-state index is 12.8. The predicted octanol–water partition coefficient (Wildman–Crippen LogP) is 3.94. The topological polar surface area (TPSA) is 23.6 Å². The lowest BCUT2D eigenvalue weighted by atomic mass is 10.1. The summed E-state index contributed by atoms with van der Waals surface area (Å²) in [6.07, 6.45) is 2.08. The molecule has 4 heteroatoms. The Morgan fingerprint density at radius 1 is 0.962 bits per heavy atom. The molecule has 1 saturated heterocycles. The van der Waals surface area contributed by atoms with Crippen molar-refractivity contribution in [3.63, 3.8) is 0 Å². The molecule has 26 heavy (non-hydrogen) atoms. The van der Waals surface area contributed by atoms with Crippen molar-refractivity contribution >= 4 is 21.8 Å². The van der Waals surface area contributed by atoms with Gasteiger partial charge in [-0.2, -0.15) is 0 Å². The quantitative estimate of drug-likeness (QED) is 0.742. The summed E-state index contributed by atoms with van der Waals surface area (Å²) >= 11 is 3.62. The van der Waals surface area contributed by atoms with Crippen molar-refractivity contribution in [1.29, 1.82) is 0 Å². The van der Waals surface area contributed by atoms with Crippen molar-refractivity contribution in [3.8, 4) is 0 Å². The molecule has 136 valence electrons. The van der Waals surface area contributed by atoms with E-state index in [0.29, 0.717) is 11.8 Å². The highest BCUT2D eigenvalue weighted by Gasteiger charge is 2.46.